The van der Waals surface area contributed by atoms with E-state index in [0.29, 0.717) is 29.4 Å². The molecule has 0 amide bonds. The van der Waals surface area contributed by atoms with Gasteiger partial charge in [0.2, 0.25) is 5.28 Å². The first-order chi connectivity index (χ1) is 19.7. The number of hydrogen-bond donors (Lipinski definition) is 3. The lowest BCUT2D eigenvalue weighted by Gasteiger charge is -2.22. The number of hydrogen-bond acceptors (Lipinski definition) is 9. The highest BCUT2D eigenvalue weighted by atomic mass is 35.5. The molecule has 1 saturated carbocycles. The average molecular weight is 577 g/mol. The Balaban J connectivity index is 0.00000134. The maximum Gasteiger partial charge on any atom is 0.224 e. The molecule has 1 fully saturated rings. The molecule has 10 nitrogen and oxygen atoms in total. The minimum atomic E-state index is 0.151. The maximum absolute atomic E-state index is 6.15. The Kier molecular flexibility index (Phi) is 16.3. The zero-order chi connectivity index (χ0) is 29.2. The van der Waals surface area contributed by atoms with Gasteiger partial charge in [0.1, 0.15) is 11.5 Å². The molecular weight excluding hydrogens is 528 g/mol. The van der Waals surface area contributed by atoms with Gasteiger partial charge in [-0.05, 0) is 63.0 Å². The second-order valence-electron chi connectivity index (χ2n) is 9.14. The van der Waals surface area contributed by atoms with E-state index in [-0.39, 0.29) is 5.28 Å². The molecule has 0 radical (unpaired) electrons. The van der Waals surface area contributed by atoms with E-state index in [0.717, 1.165) is 56.1 Å². The molecule has 0 bridgehead atoms. The van der Waals surface area contributed by atoms with E-state index in [1.165, 1.54) is 32.1 Å². The summed E-state index contributed by atoms with van der Waals surface area (Å²) in [6.07, 6.45) is 11.0. The van der Waals surface area contributed by atoms with Crippen LogP contribution in [0.15, 0.2) is 18.3 Å². The first-order valence-corrected chi connectivity index (χ1v) is 15.2. The van der Waals surface area contributed by atoms with Crippen molar-refractivity contribution in [1.82, 2.24) is 35.6 Å². The molecule has 0 spiro atoms. The van der Waals surface area contributed by atoms with E-state index in [2.05, 4.69) is 36.2 Å². The predicted octanol–water partition coefficient (Wildman–Crippen LogP) is 5.85. The molecule has 3 N–H and O–H groups in total. The number of methoxy groups -OCH3 is 2. The summed E-state index contributed by atoms with van der Waals surface area (Å²) >= 11 is 6.15. The first-order valence-electron chi connectivity index (χ1n) is 14.8. The van der Waals surface area contributed by atoms with Crippen LogP contribution in [0.3, 0.4) is 0 Å². The molecule has 4 rings (SSSR count). The van der Waals surface area contributed by atoms with E-state index in [1.807, 2.05) is 44.6 Å². The maximum atomic E-state index is 6.15. The van der Waals surface area contributed by atoms with Gasteiger partial charge < -0.3 is 25.4 Å². The Morgan fingerprint density at radius 1 is 0.925 bits per heavy atom. The van der Waals surface area contributed by atoms with E-state index in [4.69, 9.17) is 21.1 Å². The third kappa shape index (κ3) is 10.7. The Hall–Kier alpha value is -2.69. The second-order valence-corrected chi connectivity index (χ2v) is 9.48. The van der Waals surface area contributed by atoms with Crippen LogP contribution < -0.4 is 25.4 Å². The highest BCUT2D eigenvalue weighted by Crippen LogP contribution is 2.34. The van der Waals surface area contributed by atoms with Gasteiger partial charge in [-0.3, -0.25) is 4.68 Å². The van der Waals surface area contributed by atoms with Crippen LogP contribution in [-0.4, -0.2) is 64.9 Å². The predicted molar refractivity (Wildman–Crippen MR) is 165 cm³/mol. The van der Waals surface area contributed by atoms with E-state index in [9.17, 15) is 0 Å². The molecular formula is C29H49ClN8O2. The smallest absolute Gasteiger partial charge is 0.224 e. The lowest BCUT2D eigenvalue weighted by Crippen LogP contribution is -2.33. The van der Waals surface area contributed by atoms with Gasteiger partial charge in [-0.2, -0.15) is 0 Å². The van der Waals surface area contributed by atoms with Gasteiger partial charge in [-0.15, -0.1) is 5.10 Å². The van der Waals surface area contributed by atoms with Crippen LogP contribution in [-0.2, 0) is 13.1 Å². The molecule has 224 valence electrons. The fourth-order valence-corrected chi connectivity index (χ4v) is 4.76. The van der Waals surface area contributed by atoms with Gasteiger partial charge in [0.05, 0.1) is 32.5 Å². The summed E-state index contributed by atoms with van der Waals surface area (Å²) in [7, 11) is 3.18. The fourth-order valence-electron chi connectivity index (χ4n) is 4.58. The molecule has 11 heteroatoms. The monoisotopic (exact) mass is 576 g/mol. The molecule has 0 unspecified atom stereocenters. The van der Waals surface area contributed by atoms with Crippen LogP contribution in [0.5, 0.6) is 11.5 Å². The summed E-state index contributed by atoms with van der Waals surface area (Å²) in [5.41, 5.74) is 1.48. The Bertz CT molecular complexity index is 1110. The number of anilines is 1. The van der Waals surface area contributed by atoms with Crippen LogP contribution in [0.4, 0.5) is 5.82 Å². The fraction of sp³-hybridized carbons (Fsp3) is 0.655. The molecule has 0 saturated heterocycles. The van der Waals surface area contributed by atoms with Gasteiger partial charge in [-0.25, -0.2) is 9.97 Å². The number of aromatic nitrogens is 5. The minimum absolute atomic E-state index is 0.151. The summed E-state index contributed by atoms with van der Waals surface area (Å²) in [5.74, 6) is 1.78. The Morgan fingerprint density at radius 3 is 2.35 bits per heavy atom. The van der Waals surface area contributed by atoms with Crippen LogP contribution >= 0.6 is 11.6 Å². The van der Waals surface area contributed by atoms with Crippen molar-refractivity contribution in [2.75, 3.05) is 39.2 Å². The molecule has 0 aliphatic heterocycles. The molecule has 1 aromatic carbocycles. The SMILES string of the molecule is CC.CC.COc1cc2nc(Cl)nc(NCc3cn(CCCNCCCNC4CCCCC4)nn3)c2cc1OC. The van der Waals surface area contributed by atoms with Gasteiger partial charge in [0, 0.05) is 24.0 Å². The number of nitrogens with zero attached hydrogens (tertiary/aromatic N) is 5. The van der Waals surface area contributed by atoms with Crippen molar-refractivity contribution in [2.45, 2.75) is 91.8 Å². The molecule has 2 heterocycles. The second kappa shape index (κ2) is 19.4. The standard InChI is InChI=1S/C25H37ClN8O2.2C2H6/c1-35-22-14-20-21(15-23(22)36-2)30-25(26)31-24(20)29-16-19-17-34(33-32-19)13-7-11-27-10-6-12-28-18-8-4-3-5-9-18;2*1-2/h14-15,17-18,27-28H,3-13,16H2,1-2H3,(H,29,30,31);2*1-2H3. The third-order valence-electron chi connectivity index (χ3n) is 6.51. The highest BCUT2D eigenvalue weighted by molar-refractivity contribution is 6.28. The van der Waals surface area contributed by atoms with Crippen LogP contribution in [0.1, 0.15) is 78.3 Å². The van der Waals surface area contributed by atoms with Crippen LogP contribution in [0, 0.1) is 0 Å². The van der Waals surface area contributed by atoms with Crippen molar-refractivity contribution in [3.05, 3.63) is 29.3 Å². The number of nitrogens with one attached hydrogen (secondary N) is 3. The van der Waals surface area contributed by atoms with E-state index in [1.54, 1.807) is 20.3 Å². The van der Waals surface area contributed by atoms with Crippen LogP contribution in [0.25, 0.3) is 10.9 Å². The summed E-state index contributed by atoms with van der Waals surface area (Å²) in [5, 5.41) is 20.0. The normalized spacial score (nSPS) is 13.2. The summed E-state index contributed by atoms with van der Waals surface area (Å²) < 4.78 is 12.7. The minimum Gasteiger partial charge on any atom is -0.493 e. The molecule has 3 aromatic rings. The van der Waals surface area contributed by atoms with Crippen molar-refractivity contribution in [3.8, 4) is 11.5 Å². The van der Waals surface area contributed by atoms with Crippen molar-refractivity contribution < 1.29 is 9.47 Å². The van der Waals surface area contributed by atoms with Gasteiger partial charge in [0.25, 0.3) is 0 Å². The zero-order valence-electron chi connectivity index (χ0n) is 25.2. The zero-order valence-corrected chi connectivity index (χ0v) is 26.0. The molecule has 1 aliphatic rings. The summed E-state index contributed by atoms with van der Waals surface area (Å²) in [6.45, 7) is 12.4. The Labute approximate surface area is 245 Å². The lowest BCUT2D eigenvalue weighted by molar-refractivity contribution is 0.356. The van der Waals surface area contributed by atoms with E-state index >= 15 is 0 Å². The molecule has 40 heavy (non-hydrogen) atoms. The number of fused-ring (bicyclic) bond motifs is 1. The molecule has 2 aromatic heterocycles. The highest BCUT2D eigenvalue weighted by Gasteiger charge is 2.14. The number of halogens is 1. The summed E-state index contributed by atoms with van der Waals surface area (Å²) in [4.78, 5) is 8.65. The molecule has 0 atom stereocenters. The number of rotatable bonds is 14. The van der Waals surface area contributed by atoms with Crippen molar-refractivity contribution in [1.29, 1.82) is 0 Å². The first kappa shape index (κ1) is 33.5. The Morgan fingerprint density at radius 2 is 1.62 bits per heavy atom. The van der Waals surface area contributed by atoms with E-state index < -0.39 is 0 Å². The van der Waals surface area contributed by atoms with Crippen molar-refractivity contribution >= 4 is 28.3 Å². The molecule has 1 aliphatic carbocycles. The van der Waals surface area contributed by atoms with Crippen molar-refractivity contribution in [2.24, 2.45) is 0 Å². The topological polar surface area (TPSA) is 111 Å². The summed E-state index contributed by atoms with van der Waals surface area (Å²) in [6, 6.07) is 4.36. The lowest BCUT2D eigenvalue weighted by atomic mass is 9.95. The van der Waals surface area contributed by atoms with Gasteiger partial charge in [0.15, 0.2) is 11.5 Å². The largest absolute Gasteiger partial charge is 0.493 e. The average Bonchev–Trinajstić information content (AvgIpc) is 3.46. The van der Waals surface area contributed by atoms with Gasteiger partial charge in [-0.1, -0.05) is 52.2 Å². The van der Waals surface area contributed by atoms with Crippen molar-refractivity contribution in [3.63, 3.8) is 0 Å². The van der Waals surface area contributed by atoms with Gasteiger partial charge >= 0.3 is 0 Å². The number of aryl methyl sites for hydroxylation is 1. The number of ether oxygens (including phenoxy) is 2. The third-order valence-corrected chi connectivity index (χ3v) is 6.68. The quantitative estimate of drug-likeness (QED) is 0.161. The van der Waals surface area contributed by atoms with Crippen LogP contribution in [0.2, 0.25) is 5.28 Å². The number of benzene rings is 1.